The number of urea groups is 1. The smallest absolute Gasteiger partial charge is 0.339 e. The molecule has 2 aromatic rings. The minimum atomic E-state index is -0.750. The summed E-state index contributed by atoms with van der Waals surface area (Å²) < 4.78 is 18.9. The highest BCUT2D eigenvalue weighted by molar-refractivity contribution is 6.33. The van der Waals surface area contributed by atoms with Crippen molar-refractivity contribution < 1.29 is 18.7 Å². The normalized spacial score (nSPS) is 19.9. The maximum Gasteiger partial charge on any atom is 0.339 e. The van der Waals surface area contributed by atoms with Crippen LogP contribution in [0, 0.1) is 5.82 Å². The molecule has 0 aliphatic carbocycles. The van der Waals surface area contributed by atoms with Crippen LogP contribution in [0.1, 0.15) is 40.4 Å². The van der Waals surface area contributed by atoms with Gasteiger partial charge >= 0.3 is 12.0 Å². The first-order valence-corrected chi connectivity index (χ1v) is 9.15. The number of carbonyl (C=O) groups is 2. The molecule has 1 aromatic carbocycles. The number of aromatic amines is 1. The Morgan fingerprint density at radius 2 is 2.11 bits per heavy atom. The predicted octanol–water partition coefficient (Wildman–Crippen LogP) is 3.25. The summed E-state index contributed by atoms with van der Waals surface area (Å²) in [5, 5.41) is 2.44. The third-order valence-corrected chi connectivity index (χ3v) is 5.61. The maximum absolute atomic E-state index is 14.3. The number of benzene rings is 1. The summed E-state index contributed by atoms with van der Waals surface area (Å²) in [5.74, 6) is -1.48. The van der Waals surface area contributed by atoms with Crippen LogP contribution in [0.15, 0.2) is 29.2 Å². The van der Waals surface area contributed by atoms with Gasteiger partial charge in [-0.25, -0.2) is 14.0 Å². The van der Waals surface area contributed by atoms with Crippen molar-refractivity contribution in [3.05, 3.63) is 62.3 Å². The molecule has 0 saturated carbocycles. The number of pyridine rings is 1. The number of H-pyrrole nitrogens is 1. The van der Waals surface area contributed by atoms with Gasteiger partial charge < -0.3 is 19.9 Å². The van der Waals surface area contributed by atoms with Gasteiger partial charge in [0.05, 0.1) is 29.4 Å². The summed E-state index contributed by atoms with van der Waals surface area (Å²) in [6, 6.07) is 2.96. The lowest BCUT2D eigenvalue weighted by Gasteiger charge is -2.36. The molecular formula is C19H17ClFN3O4. The third kappa shape index (κ3) is 3.03. The van der Waals surface area contributed by atoms with Gasteiger partial charge in [0.2, 0.25) is 5.56 Å². The monoisotopic (exact) mass is 405 g/mol. The molecule has 2 aliphatic heterocycles. The number of methoxy groups -OCH3 is 1. The average Bonchev–Trinajstić information content (AvgIpc) is 2.98. The Bertz CT molecular complexity index is 1040. The number of ether oxygens (including phenoxy) is 1. The molecule has 2 bridgehead atoms. The maximum atomic E-state index is 14.3. The highest BCUT2D eigenvalue weighted by Gasteiger charge is 2.43. The fourth-order valence-corrected chi connectivity index (χ4v) is 4.28. The number of hydrogen-bond acceptors (Lipinski definition) is 4. The molecule has 0 unspecified atom stereocenters. The van der Waals surface area contributed by atoms with Crippen LogP contribution in [0.4, 0.5) is 14.9 Å². The summed E-state index contributed by atoms with van der Waals surface area (Å²) in [6.45, 7) is 0. The van der Waals surface area contributed by atoms with Crippen molar-refractivity contribution in [1.29, 1.82) is 0 Å². The van der Waals surface area contributed by atoms with E-state index in [1.54, 1.807) is 17.2 Å². The molecule has 2 amide bonds. The fourth-order valence-electron chi connectivity index (χ4n) is 4.05. The average molecular weight is 406 g/mol. The van der Waals surface area contributed by atoms with Crippen molar-refractivity contribution >= 4 is 29.3 Å². The number of esters is 1. The highest BCUT2D eigenvalue weighted by atomic mass is 35.5. The second kappa shape index (κ2) is 6.94. The van der Waals surface area contributed by atoms with E-state index in [0.29, 0.717) is 6.42 Å². The molecule has 0 radical (unpaired) electrons. The molecule has 146 valence electrons. The first-order chi connectivity index (χ1) is 13.4. The molecule has 2 N–H and O–H groups in total. The lowest BCUT2D eigenvalue weighted by Crippen LogP contribution is -2.44. The van der Waals surface area contributed by atoms with Crippen LogP contribution >= 0.6 is 11.6 Å². The first-order valence-electron chi connectivity index (χ1n) is 8.77. The van der Waals surface area contributed by atoms with Crippen molar-refractivity contribution in [2.45, 2.75) is 31.3 Å². The number of halogens is 2. The zero-order chi connectivity index (χ0) is 20.0. The Balaban J connectivity index is 1.62. The lowest BCUT2D eigenvalue weighted by atomic mass is 9.95. The summed E-state index contributed by atoms with van der Waals surface area (Å²) in [5.41, 5.74) is 1.47. The van der Waals surface area contributed by atoms with Gasteiger partial charge in [0.15, 0.2) is 0 Å². The molecule has 1 fully saturated rings. The van der Waals surface area contributed by atoms with Crippen LogP contribution in [0.5, 0.6) is 0 Å². The molecule has 1 saturated heterocycles. The lowest BCUT2D eigenvalue weighted by molar-refractivity contribution is 0.0601. The van der Waals surface area contributed by atoms with Gasteiger partial charge in [0.1, 0.15) is 5.82 Å². The van der Waals surface area contributed by atoms with Crippen molar-refractivity contribution in [3.63, 3.8) is 0 Å². The van der Waals surface area contributed by atoms with Crippen LogP contribution in [-0.4, -0.2) is 35.0 Å². The Labute approximate surface area is 164 Å². The van der Waals surface area contributed by atoms with Gasteiger partial charge in [-0.2, -0.15) is 0 Å². The Kier molecular flexibility index (Phi) is 4.58. The van der Waals surface area contributed by atoms with Gasteiger partial charge in [0.25, 0.3) is 0 Å². The number of anilines is 1. The van der Waals surface area contributed by atoms with E-state index in [1.807, 2.05) is 0 Å². The Morgan fingerprint density at radius 1 is 1.32 bits per heavy atom. The number of aromatic nitrogens is 1. The van der Waals surface area contributed by atoms with Crippen molar-refractivity contribution in [2.24, 2.45) is 0 Å². The van der Waals surface area contributed by atoms with E-state index < -0.39 is 17.8 Å². The predicted molar refractivity (Wildman–Crippen MR) is 100 cm³/mol. The van der Waals surface area contributed by atoms with Crippen molar-refractivity contribution in [3.8, 4) is 0 Å². The molecule has 2 atom stereocenters. The number of hydrogen-bond donors (Lipinski definition) is 2. The van der Waals surface area contributed by atoms with Gasteiger partial charge in [-0.05, 0) is 42.5 Å². The van der Waals surface area contributed by atoms with Crippen LogP contribution in [-0.2, 0) is 11.2 Å². The van der Waals surface area contributed by atoms with E-state index in [9.17, 15) is 18.8 Å². The molecule has 9 heteroatoms. The van der Waals surface area contributed by atoms with E-state index in [1.165, 1.54) is 13.2 Å². The topological polar surface area (TPSA) is 91.5 Å². The number of amides is 2. The van der Waals surface area contributed by atoms with Gasteiger partial charge in [-0.15, -0.1) is 0 Å². The molecule has 0 spiro atoms. The number of carbonyl (C=O) groups excluding carboxylic acids is 2. The second-order valence-corrected chi connectivity index (χ2v) is 7.28. The zero-order valence-corrected chi connectivity index (χ0v) is 15.7. The Hall–Kier alpha value is -2.87. The van der Waals surface area contributed by atoms with E-state index in [2.05, 4.69) is 15.0 Å². The Morgan fingerprint density at radius 3 is 2.86 bits per heavy atom. The van der Waals surface area contributed by atoms with Crippen LogP contribution in [0.25, 0.3) is 0 Å². The molecule has 3 heterocycles. The molecule has 4 rings (SSSR count). The summed E-state index contributed by atoms with van der Waals surface area (Å²) in [4.78, 5) is 40.6. The van der Waals surface area contributed by atoms with Crippen LogP contribution in [0.3, 0.4) is 0 Å². The SMILES string of the molecule is COC(=O)c1cc(NC(=O)N2[C@H]3CC[C@@H]2c2c[nH]c(=O)cc2C3)c(F)cc1Cl. The third-order valence-electron chi connectivity index (χ3n) is 5.30. The second-order valence-electron chi connectivity index (χ2n) is 6.87. The molecular weight excluding hydrogens is 389 g/mol. The number of nitrogens with zero attached hydrogens (tertiary/aromatic N) is 1. The minimum Gasteiger partial charge on any atom is -0.465 e. The van der Waals surface area contributed by atoms with Crippen LogP contribution in [0.2, 0.25) is 5.02 Å². The largest absolute Gasteiger partial charge is 0.465 e. The van der Waals surface area contributed by atoms with Crippen molar-refractivity contribution in [1.82, 2.24) is 9.88 Å². The van der Waals surface area contributed by atoms with E-state index in [4.69, 9.17) is 11.6 Å². The van der Waals surface area contributed by atoms with Gasteiger partial charge in [-0.1, -0.05) is 11.6 Å². The summed E-state index contributed by atoms with van der Waals surface area (Å²) in [6.07, 6.45) is 3.76. The standard InChI is InChI=1S/C19H17ClFN3O4/c1-28-18(26)11-6-15(14(21)7-13(11)20)23-19(27)24-10-2-3-16(24)12-8-22-17(25)5-9(12)4-10/h5-8,10,16H,2-4H2,1H3,(H,22,25)(H,23,27)/t10-,16+/m0/s1. The van der Waals surface area contributed by atoms with E-state index in [0.717, 1.165) is 30.0 Å². The van der Waals surface area contributed by atoms with E-state index >= 15 is 0 Å². The quantitative estimate of drug-likeness (QED) is 0.750. The molecule has 28 heavy (non-hydrogen) atoms. The fraction of sp³-hybridized carbons (Fsp3) is 0.316. The zero-order valence-electron chi connectivity index (χ0n) is 14.9. The van der Waals surface area contributed by atoms with Gasteiger partial charge in [0, 0.05) is 18.3 Å². The van der Waals surface area contributed by atoms with Gasteiger partial charge in [-0.3, -0.25) is 4.79 Å². The van der Waals surface area contributed by atoms with Crippen molar-refractivity contribution in [2.75, 3.05) is 12.4 Å². The number of nitrogens with one attached hydrogen (secondary N) is 2. The number of fused-ring (bicyclic) bond motifs is 4. The minimum absolute atomic E-state index is 0.0367. The molecule has 1 aromatic heterocycles. The van der Waals surface area contributed by atoms with E-state index in [-0.39, 0.29) is 33.9 Å². The van der Waals surface area contributed by atoms with Crippen LogP contribution < -0.4 is 10.9 Å². The first kappa shape index (κ1) is 18.5. The highest BCUT2D eigenvalue weighted by Crippen LogP contribution is 2.43. The summed E-state index contributed by atoms with van der Waals surface area (Å²) >= 11 is 5.89. The molecule has 2 aliphatic rings. The summed E-state index contributed by atoms with van der Waals surface area (Å²) in [7, 11) is 1.19. The molecule has 7 nitrogen and oxygen atoms in total. The number of rotatable bonds is 2.